The molecule has 1 aromatic carbocycles. The predicted molar refractivity (Wildman–Crippen MR) is 98.5 cm³/mol. The van der Waals surface area contributed by atoms with Crippen molar-refractivity contribution in [2.75, 3.05) is 13.6 Å². The summed E-state index contributed by atoms with van der Waals surface area (Å²) >= 11 is 5.79. The minimum atomic E-state index is -4.76. The van der Waals surface area contributed by atoms with Crippen LogP contribution in [0.4, 0.5) is 13.2 Å². The van der Waals surface area contributed by atoms with Crippen molar-refractivity contribution in [2.45, 2.75) is 12.6 Å². The van der Waals surface area contributed by atoms with Gasteiger partial charge < -0.3 is 4.90 Å². The van der Waals surface area contributed by atoms with E-state index in [1.165, 1.54) is 36.2 Å². The number of carbonyl (C=O) groups is 1. The highest BCUT2D eigenvalue weighted by Gasteiger charge is 2.41. The quantitative estimate of drug-likeness (QED) is 0.634. The first-order chi connectivity index (χ1) is 13.3. The van der Waals surface area contributed by atoms with E-state index < -0.39 is 23.3 Å². The number of hydrogen-bond acceptors (Lipinski definition) is 3. The Balaban J connectivity index is 1.88. The SMILES string of the molecule is CN(CCc1ccccn1)C(=O)c1cnn(-c2ccc(Cl)cc2)c1C(F)(F)F. The van der Waals surface area contributed by atoms with Gasteiger partial charge in [-0.3, -0.25) is 9.78 Å². The number of likely N-dealkylation sites (N-methyl/N-ethyl adjacent to an activating group) is 1. The Morgan fingerprint density at radius 2 is 1.89 bits per heavy atom. The fraction of sp³-hybridized carbons (Fsp3) is 0.211. The first kappa shape index (κ1) is 19.9. The smallest absolute Gasteiger partial charge is 0.341 e. The summed E-state index contributed by atoms with van der Waals surface area (Å²) in [4.78, 5) is 18.0. The monoisotopic (exact) mass is 408 g/mol. The molecule has 0 fully saturated rings. The van der Waals surface area contributed by atoms with E-state index in [-0.39, 0.29) is 12.2 Å². The van der Waals surface area contributed by atoms with Crippen molar-refractivity contribution in [1.29, 1.82) is 0 Å². The fourth-order valence-electron chi connectivity index (χ4n) is 2.69. The molecular weight excluding hydrogens is 393 g/mol. The zero-order chi connectivity index (χ0) is 20.3. The number of carbonyl (C=O) groups excluding carboxylic acids is 1. The molecule has 3 aromatic rings. The average Bonchev–Trinajstić information content (AvgIpc) is 3.12. The van der Waals surface area contributed by atoms with Crippen molar-refractivity contribution in [3.8, 4) is 5.69 Å². The van der Waals surface area contributed by atoms with Gasteiger partial charge in [0.15, 0.2) is 5.69 Å². The maximum absolute atomic E-state index is 13.7. The molecule has 0 saturated heterocycles. The molecule has 0 aliphatic heterocycles. The van der Waals surface area contributed by atoms with E-state index in [0.29, 0.717) is 16.1 Å². The van der Waals surface area contributed by atoms with Crippen LogP contribution in [-0.2, 0) is 12.6 Å². The van der Waals surface area contributed by atoms with E-state index in [4.69, 9.17) is 11.6 Å². The lowest BCUT2D eigenvalue weighted by molar-refractivity contribution is -0.143. The molecule has 3 rings (SSSR count). The van der Waals surface area contributed by atoms with Gasteiger partial charge in [0.05, 0.1) is 17.4 Å². The van der Waals surface area contributed by atoms with Crippen molar-refractivity contribution < 1.29 is 18.0 Å². The second-order valence-corrected chi connectivity index (χ2v) is 6.53. The van der Waals surface area contributed by atoms with Crippen LogP contribution in [0.25, 0.3) is 5.69 Å². The Labute approximate surface area is 164 Å². The molecule has 0 saturated carbocycles. The van der Waals surface area contributed by atoms with E-state index in [0.717, 1.165) is 11.9 Å². The molecule has 0 radical (unpaired) electrons. The minimum absolute atomic E-state index is 0.159. The number of pyridine rings is 1. The van der Waals surface area contributed by atoms with Crippen LogP contribution in [0.3, 0.4) is 0 Å². The molecule has 146 valence electrons. The number of alkyl halides is 3. The summed E-state index contributed by atoms with van der Waals surface area (Å²) in [5, 5.41) is 4.18. The largest absolute Gasteiger partial charge is 0.434 e. The fourth-order valence-corrected chi connectivity index (χ4v) is 2.82. The highest BCUT2D eigenvalue weighted by molar-refractivity contribution is 6.30. The molecule has 28 heavy (non-hydrogen) atoms. The molecule has 5 nitrogen and oxygen atoms in total. The Morgan fingerprint density at radius 3 is 2.50 bits per heavy atom. The first-order valence-corrected chi connectivity index (χ1v) is 8.71. The number of hydrogen-bond donors (Lipinski definition) is 0. The van der Waals surface area contributed by atoms with E-state index >= 15 is 0 Å². The summed E-state index contributed by atoms with van der Waals surface area (Å²) in [6.45, 7) is 0.221. The summed E-state index contributed by atoms with van der Waals surface area (Å²) in [6.07, 6.45) is -1.77. The van der Waals surface area contributed by atoms with Gasteiger partial charge in [-0.2, -0.15) is 18.3 Å². The summed E-state index contributed by atoms with van der Waals surface area (Å²) in [6, 6.07) is 11.1. The lowest BCUT2D eigenvalue weighted by Gasteiger charge is -2.18. The molecule has 9 heteroatoms. The van der Waals surface area contributed by atoms with E-state index in [2.05, 4.69) is 10.1 Å². The molecule has 0 bridgehead atoms. The van der Waals surface area contributed by atoms with Gasteiger partial charge in [-0.05, 0) is 36.4 Å². The van der Waals surface area contributed by atoms with Crippen LogP contribution in [0, 0.1) is 0 Å². The minimum Gasteiger partial charge on any atom is -0.341 e. The highest BCUT2D eigenvalue weighted by Crippen LogP contribution is 2.34. The first-order valence-electron chi connectivity index (χ1n) is 8.34. The van der Waals surface area contributed by atoms with E-state index in [9.17, 15) is 18.0 Å². The molecule has 0 unspecified atom stereocenters. The second kappa shape index (κ2) is 8.02. The van der Waals surface area contributed by atoms with Gasteiger partial charge in [0.1, 0.15) is 0 Å². The Hall–Kier alpha value is -2.87. The Bertz CT molecular complexity index is 956. The lowest BCUT2D eigenvalue weighted by Crippen LogP contribution is -2.31. The summed E-state index contributed by atoms with van der Waals surface area (Å²) in [7, 11) is 1.45. The topological polar surface area (TPSA) is 51.0 Å². The van der Waals surface area contributed by atoms with Crippen molar-refractivity contribution in [2.24, 2.45) is 0 Å². The van der Waals surface area contributed by atoms with Gasteiger partial charge in [0.25, 0.3) is 5.91 Å². The van der Waals surface area contributed by atoms with Gasteiger partial charge in [0.2, 0.25) is 0 Å². The zero-order valence-electron chi connectivity index (χ0n) is 14.8. The maximum Gasteiger partial charge on any atom is 0.434 e. The second-order valence-electron chi connectivity index (χ2n) is 6.09. The molecule has 0 aliphatic carbocycles. The summed E-state index contributed by atoms with van der Waals surface area (Å²) in [5.41, 5.74) is -0.725. The Kier molecular flexibility index (Phi) is 5.69. The number of aromatic nitrogens is 3. The third-order valence-electron chi connectivity index (χ3n) is 4.12. The third-order valence-corrected chi connectivity index (χ3v) is 4.37. The molecule has 0 aliphatic rings. The Morgan fingerprint density at radius 1 is 1.18 bits per heavy atom. The van der Waals surface area contributed by atoms with E-state index in [1.807, 2.05) is 6.07 Å². The summed E-state index contributed by atoms with van der Waals surface area (Å²) < 4.78 is 41.8. The van der Waals surface area contributed by atoms with Gasteiger partial charge >= 0.3 is 6.18 Å². The van der Waals surface area contributed by atoms with Crippen LogP contribution in [0.15, 0.2) is 54.9 Å². The predicted octanol–water partition coefficient (Wildman–Crippen LogP) is 4.25. The van der Waals surface area contributed by atoms with Gasteiger partial charge in [-0.1, -0.05) is 17.7 Å². The number of rotatable bonds is 5. The van der Waals surface area contributed by atoms with Crippen LogP contribution < -0.4 is 0 Å². The van der Waals surface area contributed by atoms with Gasteiger partial charge in [-0.15, -0.1) is 0 Å². The number of amides is 1. The molecule has 1 amide bonds. The molecular formula is C19H16ClF3N4O. The molecule has 0 N–H and O–H groups in total. The number of nitrogens with zero attached hydrogens (tertiary/aromatic N) is 4. The normalized spacial score (nSPS) is 11.5. The third kappa shape index (κ3) is 4.33. The van der Waals surface area contributed by atoms with Crippen LogP contribution in [0.2, 0.25) is 5.02 Å². The van der Waals surface area contributed by atoms with Crippen molar-refractivity contribution in [3.63, 3.8) is 0 Å². The lowest BCUT2D eigenvalue weighted by atomic mass is 10.2. The summed E-state index contributed by atoms with van der Waals surface area (Å²) in [5.74, 6) is -0.761. The van der Waals surface area contributed by atoms with Gasteiger partial charge in [-0.25, -0.2) is 4.68 Å². The molecule has 2 heterocycles. The van der Waals surface area contributed by atoms with Crippen LogP contribution >= 0.6 is 11.6 Å². The number of benzene rings is 1. The van der Waals surface area contributed by atoms with E-state index in [1.54, 1.807) is 18.3 Å². The highest BCUT2D eigenvalue weighted by atomic mass is 35.5. The molecule has 0 spiro atoms. The van der Waals surface area contributed by atoms with Crippen molar-refractivity contribution in [3.05, 3.63) is 76.8 Å². The van der Waals surface area contributed by atoms with Gasteiger partial charge in [0, 0.05) is 36.9 Å². The molecule has 2 aromatic heterocycles. The molecule has 0 atom stereocenters. The van der Waals surface area contributed by atoms with Crippen LogP contribution in [-0.4, -0.2) is 39.2 Å². The van der Waals surface area contributed by atoms with Crippen LogP contribution in [0.1, 0.15) is 21.7 Å². The van der Waals surface area contributed by atoms with Crippen molar-refractivity contribution in [1.82, 2.24) is 19.7 Å². The van der Waals surface area contributed by atoms with Crippen LogP contribution in [0.5, 0.6) is 0 Å². The standard InChI is InChI=1S/C19H16ClF3N4O/c1-26(11-9-14-4-2-3-10-24-14)18(28)16-12-25-27(17(16)19(21,22)23)15-7-5-13(20)6-8-15/h2-8,10,12H,9,11H2,1H3. The maximum atomic E-state index is 13.7. The zero-order valence-corrected chi connectivity index (χ0v) is 15.6. The number of halogens is 4. The average molecular weight is 409 g/mol. The van der Waals surface area contributed by atoms with Crippen molar-refractivity contribution >= 4 is 17.5 Å².